The first-order valence-corrected chi connectivity index (χ1v) is 5.85. The van der Waals surface area contributed by atoms with Crippen molar-refractivity contribution in [2.24, 2.45) is 5.92 Å². The van der Waals surface area contributed by atoms with Gasteiger partial charge in [0, 0.05) is 12.3 Å². The SMILES string of the molecule is C#C/C=C/C#CC1CC=CC2(C1)CC(OC=O)O2. The molecular formula is C15H14O3. The summed E-state index contributed by atoms with van der Waals surface area (Å²) in [5.74, 6) is 8.73. The molecule has 2 rings (SSSR count). The van der Waals surface area contributed by atoms with Crippen LogP contribution in [0.1, 0.15) is 19.3 Å². The van der Waals surface area contributed by atoms with Crippen molar-refractivity contribution in [1.29, 1.82) is 0 Å². The van der Waals surface area contributed by atoms with Gasteiger partial charge in [0.1, 0.15) is 0 Å². The molecule has 0 N–H and O–H groups in total. The molecule has 0 amide bonds. The fourth-order valence-electron chi connectivity index (χ4n) is 2.29. The molecule has 1 spiro atoms. The lowest BCUT2D eigenvalue weighted by Crippen LogP contribution is -2.52. The van der Waals surface area contributed by atoms with Gasteiger partial charge in [0.2, 0.25) is 6.29 Å². The summed E-state index contributed by atoms with van der Waals surface area (Å²) in [7, 11) is 0. The Morgan fingerprint density at radius 1 is 1.44 bits per heavy atom. The van der Waals surface area contributed by atoms with Crippen molar-refractivity contribution in [3.63, 3.8) is 0 Å². The Bertz CT molecular complexity index is 464. The maximum atomic E-state index is 10.2. The highest BCUT2D eigenvalue weighted by atomic mass is 16.7. The summed E-state index contributed by atoms with van der Waals surface area (Å²) in [6.45, 7) is 0.423. The number of carbonyl (C=O) groups excluding carboxylic acids is 1. The first kappa shape index (κ1) is 12.5. The van der Waals surface area contributed by atoms with Gasteiger partial charge in [-0.05, 0) is 25.0 Å². The van der Waals surface area contributed by atoms with Crippen LogP contribution in [0.25, 0.3) is 0 Å². The molecule has 18 heavy (non-hydrogen) atoms. The van der Waals surface area contributed by atoms with Crippen molar-refractivity contribution < 1.29 is 14.3 Å². The molecule has 3 unspecified atom stereocenters. The molecular weight excluding hydrogens is 228 g/mol. The van der Waals surface area contributed by atoms with Gasteiger partial charge in [-0.3, -0.25) is 4.79 Å². The summed E-state index contributed by atoms with van der Waals surface area (Å²) in [5, 5.41) is 0. The van der Waals surface area contributed by atoms with E-state index in [1.165, 1.54) is 0 Å². The normalized spacial score (nSPS) is 33.3. The average molecular weight is 242 g/mol. The largest absolute Gasteiger partial charge is 0.438 e. The third-order valence-electron chi connectivity index (χ3n) is 3.07. The van der Waals surface area contributed by atoms with E-state index in [1.54, 1.807) is 12.2 Å². The van der Waals surface area contributed by atoms with Crippen LogP contribution < -0.4 is 0 Å². The van der Waals surface area contributed by atoms with Crippen molar-refractivity contribution in [3.8, 4) is 24.2 Å². The number of carbonyl (C=O) groups is 1. The maximum absolute atomic E-state index is 10.2. The van der Waals surface area contributed by atoms with Crippen molar-refractivity contribution in [2.45, 2.75) is 31.2 Å². The molecule has 0 aromatic heterocycles. The van der Waals surface area contributed by atoms with Gasteiger partial charge in [-0.15, -0.1) is 6.42 Å². The van der Waals surface area contributed by atoms with Crippen LogP contribution in [0.3, 0.4) is 0 Å². The molecule has 0 aromatic rings. The molecule has 0 radical (unpaired) electrons. The minimum Gasteiger partial charge on any atom is -0.438 e. The standard InChI is InChI=1S/C15H14O3/c1-2-3-4-5-7-13-8-6-9-15(10-13)11-14(18-15)17-12-16/h1,3-4,6,9,12-14H,8,10-11H2/b4-3+. The first-order valence-electron chi connectivity index (χ1n) is 5.85. The van der Waals surface area contributed by atoms with Gasteiger partial charge in [-0.2, -0.15) is 0 Å². The molecule has 2 aliphatic rings. The van der Waals surface area contributed by atoms with Crippen LogP contribution >= 0.6 is 0 Å². The smallest absolute Gasteiger partial charge is 0.295 e. The molecule has 3 nitrogen and oxygen atoms in total. The van der Waals surface area contributed by atoms with E-state index < -0.39 is 6.29 Å². The van der Waals surface area contributed by atoms with Crippen molar-refractivity contribution in [1.82, 2.24) is 0 Å². The Morgan fingerprint density at radius 3 is 3.00 bits per heavy atom. The van der Waals surface area contributed by atoms with Gasteiger partial charge in [-0.1, -0.05) is 29.9 Å². The molecule has 1 saturated heterocycles. The summed E-state index contributed by atoms with van der Waals surface area (Å²) in [6, 6.07) is 0. The molecule has 1 fully saturated rings. The van der Waals surface area contributed by atoms with E-state index in [1.807, 2.05) is 6.08 Å². The number of allylic oxidation sites excluding steroid dienone is 3. The molecule has 3 heteroatoms. The van der Waals surface area contributed by atoms with E-state index in [9.17, 15) is 4.79 Å². The third-order valence-corrected chi connectivity index (χ3v) is 3.07. The quantitative estimate of drug-likeness (QED) is 0.421. The van der Waals surface area contributed by atoms with Gasteiger partial charge in [0.05, 0.1) is 5.60 Å². The van der Waals surface area contributed by atoms with E-state index in [2.05, 4.69) is 23.8 Å². The summed E-state index contributed by atoms with van der Waals surface area (Å²) in [5.41, 5.74) is -0.291. The highest BCUT2D eigenvalue weighted by molar-refractivity contribution is 5.37. The Labute approximate surface area is 107 Å². The van der Waals surface area contributed by atoms with Crippen LogP contribution in [0.2, 0.25) is 0 Å². The molecule has 0 bridgehead atoms. The third kappa shape index (κ3) is 2.83. The fourth-order valence-corrected chi connectivity index (χ4v) is 2.29. The summed E-state index contributed by atoms with van der Waals surface area (Å²) in [4.78, 5) is 10.2. The number of rotatable bonds is 2. The molecule has 1 aliphatic carbocycles. The van der Waals surface area contributed by atoms with E-state index in [0.717, 1.165) is 12.8 Å². The summed E-state index contributed by atoms with van der Waals surface area (Å²) >= 11 is 0. The lowest BCUT2D eigenvalue weighted by Gasteiger charge is -2.47. The Kier molecular flexibility index (Phi) is 3.87. The Morgan fingerprint density at radius 2 is 2.28 bits per heavy atom. The van der Waals surface area contributed by atoms with E-state index >= 15 is 0 Å². The molecule has 1 heterocycles. The zero-order valence-electron chi connectivity index (χ0n) is 9.96. The predicted molar refractivity (Wildman–Crippen MR) is 67.0 cm³/mol. The predicted octanol–water partition coefficient (Wildman–Crippen LogP) is 1.80. The minimum absolute atomic E-state index is 0.259. The van der Waals surface area contributed by atoms with Crippen LogP contribution in [0.15, 0.2) is 24.3 Å². The van der Waals surface area contributed by atoms with Gasteiger partial charge in [0.25, 0.3) is 6.47 Å². The van der Waals surface area contributed by atoms with E-state index in [0.29, 0.717) is 12.9 Å². The van der Waals surface area contributed by atoms with Crippen LogP contribution in [0.4, 0.5) is 0 Å². The van der Waals surface area contributed by atoms with Crippen molar-refractivity contribution in [2.75, 3.05) is 0 Å². The van der Waals surface area contributed by atoms with Crippen molar-refractivity contribution >= 4 is 6.47 Å². The lowest BCUT2D eigenvalue weighted by molar-refractivity contribution is -0.278. The fraction of sp³-hybridized carbons (Fsp3) is 0.400. The Balaban J connectivity index is 1.90. The molecule has 92 valence electrons. The minimum atomic E-state index is -0.403. The number of ether oxygens (including phenoxy) is 2. The number of hydrogen-bond donors (Lipinski definition) is 0. The van der Waals surface area contributed by atoms with Crippen LogP contribution in [0, 0.1) is 30.1 Å². The molecule has 0 aromatic carbocycles. The number of terminal acetylenes is 1. The monoisotopic (exact) mass is 242 g/mol. The number of hydrogen-bond acceptors (Lipinski definition) is 3. The Hall–Kier alpha value is -1.97. The van der Waals surface area contributed by atoms with Gasteiger partial charge in [-0.25, -0.2) is 0 Å². The topological polar surface area (TPSA) is 35.5 Å². The van der Waals surface area contributed by atoms with Crippen molar-refractivity contribution in [3.05, 3.63) is 24.3 Å². The summed E-state index contributed by atoms with van der Waals surface area (Å²) in [6.07, 6.45) is 14.5. The lowest BCUT2D eigenvalue weighted by atomic mass is 9.78. The van der Waals surface area contributed by atoms with Crippen LogP contribution in [0.5, 0.6) is 0 Å². The highest BCUT2D eigenvalue weighted by Gasteiger charge is 2.47. The molecule has 3 atom stereocenters. The van der Waals surface area contributed by atoms with Crippen LogP contribution in [-0.4, -0.2) is 18.4 Å². The second kappa shape index (κ2) is 5.58. The zero-order chi connectivity index (χ0) is 12.8. The van der Waals surface area contributed by atoms with Gasteiger partial charge < -0.3 is 9.47 Å². The van der Waals surface area contributed by atoms with E-state index in [-0.39, 0.29) is 11.5 Å². The average Bonchev–Trinajstić information content (AvgIpc) is 2.34. The summed E-state index contributed by atoms with van der Waals surface area (Å²) < 4.78 is 10.4. The van der Waals surface area contributed by atoms with Gasteiger partial charge in [0.15, 0.2) is 0 Å². The highest BCUT2D eigenvalue weighted by Crippen LogP contribution is 2.42. The first-order chi connectivity index (χ1) is 8.78. The van der Waals surface area contributed by atoms with Gasteiger partial charge >= 0.3 is 0 Å². The second-order valence-electron chi connectivity index (χ2n) is 4.38. The van der Waals surface area contributed by atoms with E-state index in [4.69, 9.17) is 15.9 Å². The zero-order valence-corrected chi connectivity index (χ0v) is 9.96. The van der Waals surface area contributed by atoms with Crippen LogP contribution in [-0.2, 0) is 14.3 Å². The molecule has 0 saturated carbocycles. The maximum Gasteiger partial charge on any atom is 0.295 e. The molecule has 1 aliphatic heterocycles. The second-order valence-corrected chi connectivity index (χ2v) is 4.38.